The van der Waals surface area contributed by atoms with Gasteiger partial charge in [0, 0.05) is 53.8 Å². The molecule has 2 aromatic heterocycles. The first kappa shape index (κ1) is 65.9. The molecule has 0 fully saturated rings. The van der Waals surface area contributed by atoms with Crippen molar-refractivity contribution in [3.05, 3.63) is 313 Å². The summed E-state index contributed by atoms with van der Waals surface area (Å²) in [6, 6.07) is 110. The Balaban J connectivity index is 1.00. The van der Waals surface area contributed by atoms with Gasteiger partial charge in [-0.1, -0.05) is 307 Å². The fourth-order valence-corrected chi connectivity index (χ4v) is 17.5. The van der Waals surface area contributed by atoms with Crippen LogP contribution in [0.3, 0.4) is 0 Å². The molecule has 0 aliphatic carbocycles. The second-order valence-electron chi connectivity index (χ2n) is 33.3. The van der Waals surface area contributed by atoms with E-state index in [9.17, 15) is 0 Å². The van der Waals surface area contributed by atoms with E-state index in [-0.39, 0.29) is 28.4 Å². The Hall–Kier alpha value is -11.1. The lowest BCUT2D eigenvalue weighted by Crippen LogP contribution is -2.60. The zero-order valence-electron chi connectivity index (χ0n) is 62.0. The summed E-state index contributed by atoms with van der Waals surface area (Å²) in [6.45, 7) is 28.0. The van der Waals surface area contributed by atoms with Gasteiger partial charge in [0.05, 0.1) is 5.69 Å². The second-order valence-corrected chi connectivity index (χ2v) is 34.4. The van der Waals surface area contributed by atoms with Gasteiger partial charge in [0.25, 0.3) is 0 Å². The molecular formula is C100H84BNO2S. The Morgan fingerprint density at radius 2 is 0.648 bits per heavy atom. The van der Waals surface area contributed by atoms with Crippen LogP contribution < -0.4 is 21.3 Å². The SMILES string of the molecule is CC(C)(C)c1cc(-c2ccccc2)cc(-c2cc3c4c(c2)N(c2c(-c5cccc6oc7ccccc7c56)cc(C(C)(C)C)cc2-c2cccc5oc6ccccc6c25)c2cc(-c5cc(C(C)(C)C)cc(C(C)(C)C)c5)ccc2B4c2cc(-c4cc(-c5ccccc5)cc(-c5ccccc5)c4)ccc2S3)c1. The molecule has 0 radical (unpaired) electrons. The predicted octanol–water partition coefficient (Wildman–Crippen LogP) is 26.8. The molecule has 0 saturated heterocycles. The molecule has 0 amide bonds. The lowest BCUT2D eigenvalue weighted by Gasteiger charge is -2.42. The van der Waals surface area contributed by atoms with Crippen molar-refractivity contribution in [3.8, 4) is 89.0 Å². The van der Waals surface area contributed by atoms with Crippen molar-refractivity contribution in [2.45, 2.75) is 115 Å². The molecule has 16 aromatic rings. The zero-order chi connectivity index (χ0) is 72.0. The van der Waals surface area contributed by atoms with Gasteiger partial charge < -0.3 is 13.7 Å². The van der Waals surface area contributed by atoms with Gasteiger partial charge in [-0.25, -0.2) is 0 Å². The highest BCUT2D eigenvalue weighted by molar-refractivity contribution is 8.00. The average molecular weight is 1370 g/mol. The van der Waals surface area contributed by atoms with Crippen LogP contribution in [0.5, 0.6) is 0 Å². The maximum absolute atomic E-state index is 6.95. The number of anilines is 3. The van der Waals surface area contributed by atoms with Crippen LogP contribution in [-0.4, -0.2) is 6.71 Å². The summed E-state index contributed by atoms with van der Waals surface area (Å²) in [4.78, 5) is 5.23. The van der Waals surface area contributed by atoms with Gasteiger partial charge in [0.1, 0.15) is 22.3 Å². The third-order valence-electron chi connectivity index (χ3n) is 22.1. The van der Waals surface area contributed by atoms with E-state index < -0.39 is 0 Å². The van der Waals surface area contributed by atoms with E-state index in [0.29, 0.717) is 0 Å². The van der Waals surface area contributed by atoms with Crippen LogP contribution in [-0.2, 0) is 21.7 Å². The molecule has 5 heteroatoms. The number of fused-ring (bicyclic) bond motifs is 10. The molecule has 2 aliphatic heterocycles. The third-order valence-corrected chi connectivity index (χ3v) is 23.2. The van der Waals surface area contributed by atoms with Crippen molar-refractivity contribution < 1.29 is 8.83 Å². The van der Waals surface area contributed by atoms with Crippen LogP contribution in [0, 0.1) is 0 Å². The topological polar surface area (TPSA) is 29.5 Å². The number of benzene rings is 14. The molecule has 0 bridgehead atoms. The molecule has 4 heterocycles. The van der Waals surface area contributed by atoms with E-state index >= 15 is 0 Å². The smallest absolute Gasteiger partial charge is 0.249 e. The van der Waals surface area contributed by atoms with E-state index in [2.05, 4.69) is 379 Å². The quantitative estimate of drug-likeness (QED) is 0.135. The van der Waals surface area contributed by atoms with Crippen LogP contribution in [0.1, 0.15) is 105 Å². The largest absolute Gasteiger partial charge is 0.456 e. The van der Waals surface area contributed by atoms with Crippen molar-refractivity contribution in [2.75, 3.05) is 4.90 Å². The fraction of sp³-hybridized carbons (Fsp3) is 0.160. The number of nitrogens with zero attached hydrogens (tertiary/aromatic N) is 1. The highest BCUT2D eigenvalue weighted by Crippen LogP contribution is 2.55. The second kappa shape index (κ2) is 24.8. The minimum Gasteiger partial charge on any atom is -0.456 e. The lowest BCUT2D eigenvalue weighted by atomic mass is 9.34. The molecule has 510 valence electrons. The van der Waals surface area contributed by atoms with Gasteiger partial charge in [-0.3, -0.25) is 0 Å². The summed E-state index contributed by atoms with van der Waals surface area (Å²) in [5.74, 6) is 0. The minimum absolute atomic E-state index is 0.120. The first-order valence-corrected chi connectivity index (χ1v) is 37.9. The molecular weight excluding hydrogens is 1290 g/mol. The Kier molecular flexibility index (Phi) is 15.6. The van der Waals surface area contributed by atoms with Gasteiger partial charge in [-0.2, -0.15) is 0 Å². The molecule has 0 atom stereocenters. The van der Waals surface area contributed by atoms with E-state index in [0.717, 1.165) is 94.3 Å². The van der Waals surface area contributed by atoms with E-state index in [1.807, 2.05) is 11.8 Å². The number of rotatable bonds is 9. The zero-order valence-corrected chi connectivity index (χ0v) is 62.8. The monoisotopic (exact) mass is 1370 g/mol. The van der Waals surface area contributed by atoms with Gasteiger partial charge in [-0.15, -0.1) is 0 Å². The molecule has 105 heavy (non-hydrogen) atoms. The summed E-state index contributed by atoms with van der Waals surface area (Å²) in [5, 5.41) is 4.33. The Morgan fingerprint density at radius 1 is 0.267 bits per heavy atom. The molecule has 0 spiro atoms. The van der Waals surface area contributed by atoms with Crippen molar-refractivity contribution in [1.82, 2.24) is 0 Å². The number of hydrogen-bond donors (Lipinski definition) is 0. The van der Waals surface area contributed by atoms with Crippen LogP contribution >= 0.6 is 11.8 Å². The molecule has 0 N–H and O–H groups in total. The van der Waals surface area contributed by atoms with Crippen LogP contribution in [0.25, 0.3) is 133 Å². The van der Waals surface area contributed by atoms with Crippen molar-refractivity contribution in [2.24, 2.45) is 0 Å². The van der Waals surface area contributed by atoms with Crippen LogP contribution in [0.2, 0.25) is 0 Å². The normalized spacial score (nSPS) is 13.1. The summed E-state index contributed by atoms with van der Waals surface area (Å²) < 4.78 is 13.9. The standard InChI is InChI=1S/C100H84BNO2S/c1-97(2,3)73-50-69(63-32-20-15-21-33-63)49-70(51-73)72-56-86-95-92(57-72)105-91-45-43-64(68-47-66(61-28-16-13-17-29-61)46-67(48-68)62-30-18-14-19-31-62)54-84(91)101(95)83-44-42-65(71-52-74(98(4,5)6)58-75(53-71)99(7,8)9)55-85(83)102(86)96-81(77-36-26-40-89-93(77)79-34-22-24-38-87(79)103-89)59-76(100(10,11)12)60-82(96)78-37-27-41-90-94(78)80-35-23-25-39-88(80)104-90/h13-60H,1-12H3. The molecule has 14 aromatic carbocycles. The summed E-state index contributed by atoms with van der Waals surface area (Å²) >= 11 is 1.92. The first-order chi connectivity index (χ1) is 50.5. The van der Waals surface area contributed by atoms with E-state index in [1.165, 1.54) is 104 Å². The molecule has 3 nitrogen and oxygen atoms in total. The maximum Gasteiger partial charge on any atom is 0.249 e. The highest BCUT2D eigenvalue weighted by Gasteiger charge is 2.44. The molecule has 18 rings (SSSR count). The Bertz CT molecular complexity index is 5940. The van der Waals surface area contributed by atoms with Crippen LogP contribution in [0.4, 0.5) is 17.1 Å². The van der Waals surface area contributed by atoms with Gasteiger partial charge in [-0.05, 0) is 218 Å². The number of furan rings is 2. The van der Waals surface area contributed by atoms with Gasteiger partial charge >= 0.3 is 0 Å². The minimum atomic E-state index is -0.296. The number of para-hydroxylation sites is 2. The molecule has 2 aliphatic rings. The first-order valence-electron chi connectivity index (χ1n) is 37.1. The van der Waals surface area contributed by atoms with Crippen LogP contribution in [0.15, 0.2) is 310 Å². The van der Waals surface area contributed by atoms with E-state index in [4.69, 9.17) is 8.83 Å². The number of hydrogen-bond acceptors (Lipinski definition) is 4. The van der Waals surface area contributed by atoms with Crippen molar-refractivity contribution >= 4 is 95.8 Å². The van der Waals surface area contributed by atoms with Crippen molar-refractivity contribution in [3.63, 3.8) is 0 Å². The van der Waals surface area contributed by atoms with Crippen molar-refractivity contribution in [1.29, 1.82) is 0 Å². The van der Waals surface area contributed by atoms with Gasteiger partial charge in [0.2, 0.25) is 6.71 Å². The highest BCUT2D eigenvalue weighted by atomic mass is 32.2. The Labute approximate surface area is 622 Å². The summed E-state index contributed by atoms with van der Waals surface area (Å²) in [6.07, 6.45) is 0. The maximum atomic E-state index is 6.95. The molecule has 0 saturated carbocycles. The fourth-order valence-electron chi connectivity index (χ4n) is 16.3. The average Bonchev–Trinajstić information content (AvgIpc) is 0.962. The third kappa shape index (κ3) is 11.6. The van der Waals surface area contributed by atoms with Gasteiger partial charge in [0.15, 0.2) is 0 Å². The Morgan fingerprint density at radius 3 is 1.14 bits per heavy atom. The summed E-state index contributed by atoms with van der Waals surface area (Å²) in [5.41, 5.74) is 33.6. The predicted molar refractivity (Wildman–Crippen MR) is 449 cm³/mol. The summed E-state index contributed by atoms with van der Waals surface area (Å²) in [7, 11) is 0. The lowest BCUT2D eigenvalue weighted by molar-refractivity contribution is 0.569. The van der Waals surface area contributed by atoms with E-state index in [1.54, 1.807) is 0 Å². The molecule has 0 unspecified atom stereocenters.